The Morgan fingerprint density at radius 1 is 0.719 bits per heavy atom. The fourth-order valence-corrected chi connectivity index (χ4v) is 3.99. The molecule has 0 saturated carbocycles. The zero-order valence-electron chi connectivity index (χ0n) is 23.5. The minimum atomic E-state index is 0.0805. The SMILES string of the molecule is CCCCN(CCC(C)CN(CCO)CC(C)(C)C(C)(C)C)CCN(CCO)C(C)(C)C. The number of β-amino-alcohol motifs (C(OH)–C–C–N with tert-alkyl or cyclic N) is 1. The number of hydrogen-bond donors (Lipinski definition) is 2. The molecule has 2 N–H and O–H groups in total. The third-order valence-corrected chi connectivity index (χ3v) is 7.41. The molecule has 5 heteroatoms. The second-order valence-electron chi connectivity index (χ2n) is 12.6. The van der Waals surface area contributed by atoms with Gasteiger partial charge in [0.2, 0.25) is 0 Å². The maximum Gasteiger partial charge on any atom is 0.0558 e. The van der Waals surface area contributed by atoms with Crippen LogP contribution in [0.1, 0.15) is 88.5 Å². The van der Waals surface area contributed by atoms with Crippen molar-refractivity contribution in [2.45, 2.75) is 94.0 Å². The van der Waals surface area contributed by atoms with Crippen molar-refractivity contribution in [1.82, 2.24) is 14.7 Å². The van der Waals surface area contributed by atoms with Gasteiger partial charge < -0.3 is 20.0 Å². The zero-order valence-corrected chi connectivity index (χ0v) is 23.5. The fourth-order valence-electron chi connectivity index (χ4n) is 3.99. The molecule has 0 aliphatic heterocycles. The Morgan fingerprint density at radius 2 is 1.31 bits per heavy atom. The van der Waals surface area contributed by atoms with Gasteiger partial charge in [-0.05, 0) is 63.5 Å². The molecule has 32 heavy (non-hydrogen) atoms. The smallest absolute Gasteiger partial charge is 0.0558 e. The summed E-state index contributed by atoms with van der Waals surface area (Å²) in [4.78, 5) is 7.48. The summed E-state index contributed by atoms with van der Waals surface area (Å²) in [7, 11) is 0. The van der Waals surface area contributed by atoms with E-state index in [-0.39, 0.29) is 29.6 Å². The first-order valence-corrected chi connectivity index (χ1v) is 13.1. The summed E-state index contributed by atoms with van der Waals surface area (Å²) in [5, 5.41) is 19.1. The van der Waals surface area contributed by atoms with Gasteiger partial charge in [0.1, 0.15) is 0 Å². The quantitative estimate of drug-likeness (QED) is 0.335. The number of aliphatic hydroxyl groups excluding tert-OH is 2. The van der Waals surface area contributed by atoms with Crippen molar-refractivity contribution in [2.24, 2.45) is 16.7 Å². The van der Waals surface area contributed by atoms with Gasteiger partial charge >= 0.3 is 0 Å². The number of aliphatic hydroxyl groups is 2. The highest BCUT2D eigenvalue weighted by Gasteiger charge is 2.34. The van der Waals surface area contributed by atoms with Crippen LogP contribution in [0.25, 0.3) is 0 Å². The Hall–Kier alpha value is -0.200. The zero-order chi connectivity index (χ0) is 25.0. The summed E-state index contributed by atoms with van der Waals surface area (Å²) >= 11 is 0. The summed E-state index contributed by atoms with van der Waals surface area (Å²) in [6, 6.07) is 0. The van der Waals surface area contributed by atoms with E-state index in [1.165, 1.54) is 19.3 Å². The first-order chi connectivity index (χ1) is 14.7. The minimum absolute atomic E-state index is 0.0805. The summed E-state index contributed by atoms with van der Waals surface area (Å²) in [6.07, 6.45) is 3.63. The van der Waals surface area contributed by atoms with Crippen molar-refractivity contribution < 1.29 is 10.2 Å². The van der Waals surface area contributed by atoms with Gasteiger partial charge in [-0.3, -0.25) is 4.90 Å². The lowest BCUT2D eigenvalue weighted by molar-refractivity contribution is 0.0525. The molecule has 0 spiro atoms. The van der Waals surface area contributed by atoms with Gasteiger partial charge in [-0.25, -0.2) is 0 Å². The van der Waals surface area contributed by atoms with Gasteiger partial charge in [-0.2, -0.15) is 0 Å². The highest BCUT2D eigenvalue weighted by molar-refractivity contribution is 4.86. The molecule has 0 fully saturated rings. The first kappa shape index (κ1) is 31.8. The molecule has 0 bridgehead atoms. The molecule has 0 radical (unpaired) electrons. The van der Waals surface area contributed by atoms with Gasteiger partial charge in [0.05, 0.1) is 13.2 Å². The van der Waals surface area contributed by atoms with Gasteiger partial charge in [0.25, 0.3) is 0 Å². The van der Waals surface area contributed by atoms with Gasteiger partial charge in [0, 0.05) is 44.8 Å². The minimum Gasteiger partial charge on any atom is -0.395 e. The van der Waals surface area contributed by atoms with Crippen molar-refractivity contribution in [2.75, 3.05) is 65.6 Å². The molecule has 1 atom stereocenters. The van der Waals surface area contributed by atoms with Crippen LogP contribution < -0.4 is 0 Å². The summed E-state index contributed by atoms with van der Waals surface area (Å²) in [5.74, 6) is 0.595. The molecule has 0 aliphatic carbocycles. The lowest BCUT2D eigenvalue weighted by atomic mass is 9.69. The van der Waals surface area contributed by atoms with Crippen LogP contribution in [0.2, 0.25) is 0 Å². The van der Waals surface area contributed by atoms with E-state index >= 15 is 0 Å². The topological polar surface area (TPSA) is 50.2 Å². The molecule has 0 aromatic carbocycles. The van der Waals surface area contributed by atoms with E-state index in [0.29, 0.717) is 5.92 Å². The third-order valence-electron chi connectivity index (χ3n) is 7.41. The van der Waals surface area contributed by atoms with E-state index in [1.807, 2.05) is 0 Å². The van der Waals surface area contributed by atoms with Crippen LogP contribution >= 0.6 is 0 Å². The van der Waals surface area contributed by atoms with Crippen LogP contribution in [-0.4, -0.2) is 96.0 Å². The standard InChI is InChI=1S/C27H59N3O2/c1-11-12-14-28(16-17-30(19-21-32)26(6,7)8)15-13-24(2)22-29(18-20-31)23-27(9,10)25(3,4)5/h24,31-32H,11-23H2,1-10H3. The number of unbranched alkanes of at least 4 members (excludes halogenated alkanes) is 1. The van der Waals surface area contributed by atoms with Crippen LogP contribution in [0.15, 0.2) is 0 Å². The van der Waals surface area contributed by atoms with Crippen LogP contribution in [0, 0.1) is 16.7 Å². The molecule has 5 nitrogen and oxygen atoms in total. The number of rotatable bonds is 17. The van der Waals surface area contributed by atoms with Crippen molar-refractivity contribution >= 4 is 0 Å². The number of hydrogen-bond acceptors (Lipinski definition) is 5. The van der Waals surface area contributed by atoms with Crippen LogP contribution in [0.3, 0.4) is 0 Å². The molecule has 194 valence electrons. The Balaban J connectivity index is 4.89. The third kappa shape index (κ3) is 12.9. The molecule has 0 aromatic rings. The molecule has 0 aliphatic rings. The molecule has 0 saturated heterocycles. The van der Waals surface area contributed by atoms with Crippen LogP contribution in [-0.2, 0) is 0 Å². The lowest BCUT2D eigenvalue weighted by Crippen LogP contribution is -2.47. The van der Waals surface area contributed by atoms with Crippen molar-refractivity contribution in [1.29, 1.82) is 0 Å². The van der Waals surface area contributed by atoms with Gasteiger partial charge in [0.15, 0.2) is 0 Å². The Bertz CT molecular complexity index is 469. The Kier molecular flexibility index (Phi) is 14.8. The monoisotopic (exact) mass is 457 g/mol. The molecule has 0 amide bonds. The molecule has 0 heterocycles. The van der Waals surface area contributed by atoms with Crippen molar-refractivity contribution in [3.8, 4) is 0 Å². The molecule has 1 unspecified atom stereocenters. The molecule has 0 rings (SSSR count). The first-order valence-electron chi connectivity index (χ1n) is 13.1. The molecular weight excluding hydrogens is 398 g/mol. The van der Waals surface area contributed by atoms with Gasteiger partial charge in [-0.15, -0.1) is 0 Å². The van der Waals surface area contributed by atoms with Crippen LogP contribution in [0.4, 0.5) is 0 Å². The average Bonchev–Trinajstić information content (AvgIpc) is 2.64. The Labute approximate surface area is 201 Å². The molecule has 0 aromatic heterocycles. The lowest BCUT2D eigenvalue weighted by Gasteiger charge is -2.43. The highest BCUT2D eigenvalue weighted by atomic mass is 16.3. The normalized spacial score (nSPS) is 14.7. The Morgan fingerprint density at radius 3 is 1.78 bits per heavy atom. The fraction of sp³-hybridized carbons (Fsp3) is 1.00. The van der Waals surface area contributed by atoms with Crippen molar-refractivity contribution in [3.05, 3.63) is 0 Å². The second kappa shape index (κ2) is 14.9. The summed E-state index contributed by atoms with van der Waals surface area (Å²) in [6.45, 7) is 31.3. The summed E-state index contributed by atoms with van der Waals surface area (Å²) < 4.78 is 0. The van der Waals surface area contributed by atoms with E-state index < -0.39 is 0 Å². The van der Waals surface area contributed by atoms with Gasteiger partial charge in [-0.1, -0.05) is 54.9 Å². The predicted molar refractivity (Wildman–Crippen MR) is 140 cm³/mol. The molecular formula is C27H59N3O2. The predicted octanol–water partition coefficient (Wildman–Crippen LogP) is 4.57. The second-order valence-corrected chi connectivity index (χ2v) is 12.6. The van der Waals surface area contributed by atoms with E-state index in [2.05, 4.69) is 83.9 Å². The maximum absolute atomic E-state index is 9.62. The maximum atomic E-state index is 9.62. The highest BCUT2D eigenvalue weighted by Crippen LogP contribution is 2.38. The van der Waals surface area contributed by atoms with Crippen LogP contribution in [0.5, 0.6) is 0 Å². The summed E-state index contributed by atoms with van der Waals surface area (Å²) in [5.41, 5.74) is 0.504. The van der Waals surface area contributed by atoms with E-state index in [1.54, 1.807) is 0 Å². The van der Waals surface area contributed by atoms with E-state index in [0.717, 1.165) is 52.4 Å². The number of nitrogens with zero attached hydrogens (tertiary/aromatic N) is 3. The average molecular weight is 458 g/mol. The van der Waals surface area contributed by atoms with E-state index in [9.17, 15) is 10.2 Å². The van der Waals surface area contributed by atoms with E-state index in [4.69, 9.17) is 0 Å². The largest absolute Gasteiger partial charge is 0.395 e. The van der Waals surface area contributed by atoms with Crippen molar-refractivity contribution in [3.63, 3.8) is 0 Å².